The zero-order valence-electron chi connectivity index (χ0n) is 9.37. The van der Waals surface area contributed by atoms with Crippen molar-refractivity contribution in [3.8, 4) is 5.75 Å². The number of hydrogen-bond acceptors (Lipinski definition) is 2. The van der Waals surface area contributed by atoms with Gasteiger partial charge in [-0.25, -0.2) is 0 Å². The van der Waals surface area contributed by atoms with Gasteiger partial charge in [-0.2, -0.15) is 0 Å². The zero-order chi connectivity index (χ0) is 11.4. The first-order chi connectivity index (χ1) is 7.79. The summed E-state index contributed by atoms with van der Waals surface area (Å²) in [4.78, 5) is 0. The van der Waals surface area contributed by atoms with Crippen molar-refractivity contribution in [3.05, 3.63) is 34.3 Å². The fourth-order valence-electron chi connectivity index (χ4n) is 1.54. The van der Waals surface area contributed by atoms with E-state index in [1.165, 1.54) is 12.8 Å². The normalized spacial score (nSPS) is 15.6. The Kier molecular flexibility index (Phi) is 4.02. The molecule has 16 heavy (non-hydrogen) atoms. The molecule has 0 aromatic heterocycles. The summed E-state index contributed by atoms with van der Waals surface area (Å²) in [5.74, 6) is 0.908. The second-order valence-electron chi connectivity index (χ2n) is 3.97. The number of rotatable bonds is 5. The Labute approximate surface area is 105 Å². The maximum Gasteiger partial charge on any atom is 0.126 e. The smallest absolute Gasteiger partial charge is 0.126 e. The van der Waals surface area contributed by atoms with Crippen molar-refractivity contribution in [2.75, 3.05) is 13.7 Å². The van der Waals surface area contributed by atoms with Crippen LogP contribution in [0, 0.1) is 0 Å². The molecule has 0 unspecified atom stereocenters. The lowest BCUT2D eigenvalue weighted by atomic mass is 10.2. The van der Waals surface area contributed by atoms with Gasteiger partial charge in [0.05, 0.1) is 7.11 Å². The van der Waals surface area contributed by atoms with Crippen LogP contribution in [0.3, 0.4) is 0 Å². The highest BCUT2D eigenvalue weighted by Gasteiger charge is 2.18. The minimum absolute atomic E-state index is 0.758. The molecule has 0 heterocycles. The summed E-state index contributed by atoms with van der Waals surface area (Å²) in [6.07, 6.45) is 6.89. The maximum atomic E-state index is 5.30. The number of nitrogens with one attached hydrogen (secondary N) is 1. The molecule has 0 spiro atoms. The molecule has 2 nitrogen and oxygen atoms in total. The molecule has 2 rings (SSSR count). The van der Waals surface area contributed by atoms with Crippen molar-refractivity contribution in [2.45, 2.75) is 18.9 Å². The van der Waals surface area contributed by atoms with Crippen molar-refractivity contribution < 1.29 is 4.74 Å². The molecule has 0 saturated heterocycles. The minimum atomic E-state index is 0.758. The van der Waals surface area contributed by atoms with Crippen LogP contribution in [0.5, 0.6) is 5.75 Å². The van der Waals surface area contributed by atoms with E-state index < -0.39 is 0 Å². The Morgan fingerprint density at radius 3 is 3.00 bits per heavy atom. The standard InChI is InChI=1S/C13H16BrNO/c1-16-13-7-4-11(14)9-10(13)3-2-8-15-12-5-6-12/h2-4,7,9,12,15H,5-6,8H2,1H3. The van der Waals surface area contributed by atoms with Crippen LogP contribution in [0.1, 0.15) is 18.4 Å². The lowest BCUT2D eigenvalue weighted by Gasteiger charge is -2.05. The van der Waals surface area contributed by atoms with Crippen LogP contribution in [0.15, 0.2) is 28.7 Å². The highest BCUT2D eigenvalue weighted by molar-refractivity contribution is 9.10. The Hall–Kier alpha value is -0.800. The molecule has 1 aromatic carbocycles. The average Bonchev–Trinajstić information content (AvgIpc) is 3.08. The SMILES string of the molecule is COc1ccc(Br)cc1C=CCNC1CC1. The third kappa shape index (κ3) is 3.35. The number of halogens is 1. The van der Waals surface area contributed by atoms with E-state index in [-0.39, 0.29) is 0 Å². The van der Waals surface area contributed by atoms with E-state index in [2.05, 4.69) is 39.5 Å². The number of methoxy groups -OCH3 is 1. The van der Waals surface area contributed by atoms with E-state index in [1.54, 1.807) is 7.11 Å². The van der Waals surface area contributed by atoms with Crippen LogP contribution in [-0.2, 0) is 0 Å². The van der Waals surface area contributed by atoms with Crippen molar-refractivity contribution in [1.29, 1.82) is 0 Å². The van der Waals surface area contributed by atoms with Gasteiger partial charge in [0.25, 0.3) is 0 Å². The minimum Gasteiger partial charge on any atom is -0.496 e. The largest absolute Gasteiger partial charge is 0.496 e. The molecular formula is C13H16BrNO. The highest BCUT2D eigenvalue weighted by atomic mass is 79.9. The Balaban J connectivity index is 1.97. The van der Waals surface area contributed by atoms with Crippen LogP contribution in [0.4, 0.5) is 0 Å². The van der Waals surface area contributed by atoms with E-state index in [9.17, 15) is 0 Å². The summed E-state index contributed by atoms with van der Waals surface area (Å²) >= 11 is 3.46. The van der Waals surface area contributed by atoms with Gasteiger partial charge in [0, 0.05) is 22.6 Å². The summed E-state index contributed by atoms with van der Waals surface area (Å²) in [5, 5.41) is 3.44. The summed E-state index contributed by atoms with van der Waals surface area (Å²) in [7, 11) is 1.70. The molecule has 0 radical (unpaired) electrons. The first-order valence-electron chi connectivity index (χ1n) is 5.53. The van der Waals surface area contributed by atoms with Crippen molar-refractivity contribution in [1.82, 2.24) is 5.32 Å². The van der Waals surface area contributed by atoms with Gasteiger partial charge < -0.3 is 10.1 Å². The molecular weight excluding hydrogens is 266 g/mol. The molecule has 1 saturated carbocycles. The van der Waals surface area contributed by atoms with Gasteiger partial charge >= 0.3 is 0 Å². The van der Waals surface area contributed by atoms with Crippen LogP contribution in [0.25, 0.3) is 6.08 Å². The van der Waals surface area contributed by atoms with Crippen molar-refractivity contribution in [3.63, 3.8) is 0 Å². The molecule has 1 aliphatic rings. The zero-order valence-corrected chi connectivity index (χ0v) is 11.0. The van der Waals surface area contributed by atoms with E-state index in [4.69, 9.17) is 4.74 Å². The Morgan fingerprint density at radius 1 is 1.50 bits per heavy atom. The van der Waals surface area contributed by atoms with Crippen LogP contribution in [-0.4, -0.2) is 19.7 Å². The topological polar surface area (TPSA) is 21.3 Å². The number of benzene rings is 1. The second-order valence-corrected chi connectivity index (χ2v) is 4.89. The fraction of sp³-hybridized carbons (Fsp3) is 0.385. The molecule has 86 valence electrons. The van der Waals surface area contributed by atoms with E-state index in [1.807, 2.05) is 12.1 Å². The summed E-state index contributed by atoms with van der Waals surface area (Å²) in [6.45, 7) is 0.931. The van der Waals surface area contributed by atoms with E-state index in [0.29, 0.717) is 0 Å². The van der Waals surface area contributed by atoms with Gasteiger partial charge in [-0.1, -0.05) is 28.1 Å². The predicted molar refractivity (Wildman–Crippen MR) is 70.8 cm³/mol. The van der Waals surface area contributed by atoms with Gasteiger partial charge in [0.15, 0.2) is 0 Å². The molecule has 0 amide bonds. The molecule has 1 N–H and O–H groups in total. The van der Waals surface area contributed by atoms with Gasteiger partial charge in [-0.3, -0.25) is 0 Å². The predicted octanol–water partition coefficient (Wildman–Crippen LogP) is 3.22. The quantitative estimate of drug-likeness (QED) is 0.895. The van der Waals surface area contributed by atoms with E-state index in [0.717, 1.165) is 28.4 Å². The third-order valence-corrected chi connectivity index (χ3v) is 3.08. The van der Waals surface area contributed by atoms with E-state index >= 15 is 0 Å². The van der Waals surface area contributed by atoms with Gasteiger partial charge in [-0.05, 0) is 31.0 Å². The molecule has 0 aliphatic heterocycles. The van der Waals surface area contributed by atoms with Gasteiger partial charge in [0.2, 0.25) is 0 Å². The highest BCUT2D eigenvalue weighted by Crippen LogP contribution is 2.24. The van der Waals surface area contributed by atoms with Crippen molar-refractivity contribution >= 4 is 22.0 Å². The molecule has 3 heteroatoms. The maximum absolute atomic E-state index is 5.30. The van der Waals surface area contributed by atoms with Gasteiger partial charge in [0.1, 0.15) is 5.75 Å². The Bertz CT molecular complexity index is 386. The van der Waals surface area contributed by atoms with Gasteiger partial charge in [-0.15, -0.1) is 0 Å². The summed E-state index contributed by atoms with van der Waals surface area (Å²) in [5.41, 5.74) is 1.11. The fourth-order valence-corrected chi connectivity index (χ4v) is 1.92. The third-order valence-electron chi connectivity index (χ3n) is 2.59. The van der Waals surface area contributed by atoms with Crippen LogP contribution in [0.2, 0.25) is 0 Å². The molecule has 0 bridgehead atoms. The second kappa shape index (κ2) is 5.51. The van der Waals surface area contributed by atoms with Crippen molar-refractivity contribution in [2.24, 2.45) is 0 Å². The summed E-state index contributed by atoms with van der Waals surface area (Å²) < 4.78 is 6.37. The molecule has 1 aromatic rings. The molecule has 1 aliphatic carbocycles. The first-order valence-corrected chi connectivity index (χ1v) is 6.32. The number of ether oxygens (including phenoxy) is 1. The lowest BCUT2D eigenvalue weighted by Crippen LogP contribution is -2.15. The van der Waals surface area contributed by atoms with Crippen LogP contribution < -0.4 is 10.1 Å². The lowest BCUT2D eigenvalue weighted by molar-refractivity contribution is 0.414. The number of hydrogen-bond donors (Lipinski definition) is 1. The first kappa shape index (κ1) is 11.7. The summed E-state index contributed by atoms with van der Waals surface area (Å²) in [6, 6.07) is 6.78. The average molecular weight is 282 g/mol. The monoisotopic (exact) mass is 281 g/mol. The molecule has 1 fully saturated rings. The Morgan fingerprint density at radius 2 is 2.31 bits per heavy atom. The molecule has 0 atom stereocenters. The van der Waals surface area contributed by atoms with Crippen LogP contribution >= 0.6 is 15.9 Å².